The third kappa shape index (κ3) is 2.82. The molecular formula is C11H18O3. The summed E-state index contributed by atoms with van der Waals surface area (Å²) in [6, 6.07) is 0. The maximum Gasteiger partial charge on any atom is 0.303 e. The highest BCUT2D eigenvalue weighted by Crippen LogP contribution is 2.41. The highest BCUT2D eigenvalue weighted by molar-refractivity contribution is 5.80. The van der Waals surface area contributed by atoms with E-state index in [4.69, 9.17) is 5.11 Å². The van der Waals surface area contributed by atoms with Gasteiger partial charge >= 0.3 is 5.97 Å². The van der Waals surface area contributed by atoms with Crippen molar-refractivity contribution in [3.8, 4) is 0 Å². The standard InChI is InChI=1S/C11H18O3/c1-2-11(7-5-10(13)14)6-3-4-9(12)8-11/h2-8H2,1H3,(H,13,14). The molecule has 80 valence electrons. The average molecular weight is 198 g/mol. The van der Waals surface area contributed by atoms with Gasteiger partial charge in [0.2, 0.25) is 0 Å². The Hall–Kier alpha value is -0.860. The van der Waals surface area contributed by atoms with Crippen LogP contribution >= 0.6 is 0 Å². The molecule has 3 nitrogen and oxygen atoms in total. The van der Waals surface area contributed by atoms with Gasteiger partial charge in [-0.3, -0.25) is 9.59 Å². The van der Waals surface area contributed by atoms with E-state index in [0.29, 0.717) is 25.0 Å². The first kappa shape index (κ1) is 11.2. The van der Waals surface area contributed by atoms with Gasteiger partial charge in [0.15, 0.2) is 0 Å². The summed E-state index contributed by atoms with van der Waals surface area (Å²) in [6.07, 6.45) is 5.01. The fourth-order valence-electron chi connectivity index (χ4n) is 2.32. The third-order valence-corrected chi connectivity index (χ3v) is 3.35. The summed E-state index contributed by atoms with van der Waals surface area (Å²) in [5, 5.41) is 8.64. The summed E-state index contributed by atoms with van der Waals surface area (Å²) >= 11 is 0. The van der Waals surface area contributed by atoms with Crippen LogP contribution in [-0.2, 0) is 9.59 Å². The van der Waals surface area contributed by atoms with Crippen LogP contribution in [0.1, 0.15) is 51.9 Å². The molecule has 1 atom stereocenters. The summed E-state index contributed by atoms with van der Waals surface area (Å²) in [7, 11) is 0. The number of carboxylic acids is 1. The lowest BCUT2D eigenvalue weighted by Crippen LogP contribution is -2.29. The molecule has 1 fully saturated rings. The van der Waals surface area contributed by atoms with Crippen LogP contribution in [0.3, 0.4) is 0 Å². The summed E-state index contributed by atoms with van der Waals surface area (Å²) in [5.74, 6) is -0.445. The maximum atomic E-state index is 11.3. The number of aliphatic carboxylic acids is 1. The zero-order chi connectivity index (χ0) is 10.6. The summed E-state index contributed by atoms with van der Waals surface area (Å²) in [5.41, 5.74) is -0.00623. The van der Waals surface area contributed by atoms with Crippen molar-refractivity contribution in [3.63, 3.8) is 0 Å². The third-order valence-electron chi connectivity index (χ3n) is 3.35. The van der Waals surface area contributed by atoms with Gasteiger partial charge in [-0.2, -0.15) is 0 Å². The molecule has 0 saturated heterocycles. The number of carboxylic acid groups (broad SMARTS) is 1. The number of rotatable bonds is 4. The SMILES string of the molecule is CCC1(CCC(=O)O)CCCC(=O)C1. The van der Waals surface area contributed by atoms with E-state index in [9.17, 15) is 9.59 Å². The number of carbonyl (C=O) groups excluding carboxylic acids is 1. The minimum Gasteiger partial charge on any atom is -0.481 e. The highest BCUT2D eigenvalue weighted by Gasteiger charge is 2.34. The molecule has 0 heterocycles. The Bertz CT molecular complexity index is 235. The molecule has 0 spiro atoms. The Kier molecular flexibility index (Phi) is 3.67. The van der Waals surface area contributed by atoms with Crippen LogP contribution in [0.25, 0.3) is 0 Å². The Morgan fingerprint density at radius 1 is 1.57 bits per heavy atom. The maximum absolute atomic E-state index is 11.3. The van der Waals surface area contributed by atoms with Crippen molar-refractivity contribution in [1.29, 1.82) is 0 Å². The first-order chi connectivity index (χ1) is 6.58. The van der Waals surface area contributed by atoms with Crippen molar-refractivity contribution < 1.29 is 14.7 Å². The fourth-order valence-corrected chi connectivity index (χ4v) is 2.32. The molecule has 0 radical (unpaired) electrons. The lowest BCUT2D eigenvalue weighted by Gasteiger charge is -2.35. The smallest absolute Gasteiger partial charge is 0.303 e. The lowest BCUT2D eigenvalue weighted by atomic mass is 9.69. The Morgan fingerprint density at radius 3 is 2.79 bits per heavy atom. The summed E-state index contributed by atoms with van der Waals surface area (Å²) in [6.45, 7) is 2.06. The molecule has 0 bridgehead atoms. The van der Waals surface area contributed by atoms with Crippen LogP contribution in [0.2, 0.25) is 0 Å². The van der Waals surface area contributed by atoms with E-state index in [-0.39, 0.29) is 11.8 Å². The van der Waals surface area contributed by atoms with E-state index in [2.05, 4.69) is 6.92 Å². The zero-order valence-electron chi connectivity index (χ0n) is 8.71. The van der Waals surface area contributed by atoms with Gasteiger partial charge < -0.3 is 5.11 Å². The molecule has 1 aliphatic rings. The first-order valence-electron chi connectivity index (χ1n) is 5.31. The van der Waals surface area contributed by atoms with Crippen LogP contribution in [-0.4, -0.2) is 16.9 Å². The van der Waals surface area contributed by atoms with Gasteiger partial charge in [-0.15, -0.1) is 0 Å². The molecule has 1 unspecified atom stereocenters. The quantitative estimate of drug-likeness (QED) is 0.754. The monoisotopic (exact) mass is 198 g/mol. The van der Waals surface area contributed by atoms with Crippen LogP contribution in [0.15, 0.2) is 0 Å². The topological polar surface area (TPSA) is 54.4 Å². The van der Waals surface area contributed by atoms with Crippen LogP contribution < -0.4 is 0 Å². The van der Waals surface area contributed by atoms with Crippen LogP contribution in [0.4, 0.5) is 0 Å². The second kappa shape index (κ2) is 4.58. The molecule has 1 rings (SSSR count). The first-order valence-corrected chi connectivity index (χ1v) is 5.31. The number of Topliss-reactive ketones (excluding diaryl/α,β-unsaturated/α-hetero) is 1. The highest BCUT2D eigenvalue weighted by atomic mass is 16.4. The molecule has 0 aromatic heterocycles. The Morgan fingerprint density at radius 2 is 2.29 bits per heavy atom. The van der Waals surface area contributed by atoms with Gasteiger partial charge in [0, 0.05) is 19.3 Å². The largest absolute Gasteiger partial charge is 0.481 e. The van der Waals surface area contributed by atoms with Gasteiger partial charge in [0.1, 0.15) is 5.78 Å². The van der Waals surface area contributed by atoms with E-state index in [1.807, 2.05) is 0 Å². The molecule has 0 aromatic carbocycles. The number of hydrogen-bond acceptors (Lipinski definition) is 2. The Labute approximate surface area is 84.5 Å². The molecule has 3 heteroatoms. The molecule has 0 aliphatic heterocycles. The molecule has 0 amide bonds. The van der Waals surface area contributed by atoms with E-state index in [1.165, 1.54) is 0 Å². The summed E-state index contributed by atoms with van der Waals surface area (Å²) < 4.78 is 0. The molecule has 1 aliphatic carbocycles. The van der Waals surface area contributed by atoms with Crippen molar-refractivity contribution in [2.24, 2.45) is 5.41 Å². The fraction of sp³-hybridized carbons (Fsp3) is 0.818. The second-order valence-electron chi connectivity index (χ2n) is 4.32. The minimum absolute atomic E-state index is 0.00623. The number of carbonyl (C=O) groups is 2. The van der Waals surface area contributed by atoms with Gasteiger partial charge in [0.25, 0.3) is 0 Å². The van der Waals surface area contributed by atoms with Crippen molar-refractivity contribution in [1.82, 2.24) is 0 Å². The molecular weight excluding hydrogens is 180 g/mol. The normalized spacial score (nSPS) is 27.6. The van der Waals surface area contributed by atoms with Crippen LogP contribution in [0.5, 0.6) is 0 Å². The van der Waals surface area contributed by atoms with Crippen molar-refractivity contribution in [3.05, 3.63) is 0 Å². The average Bonchev–Trinajstić information content (AvgIpc) is 2.15. The van der Waals surface area contributed by atoms with Gasteiger partial charge in [-0.1, -0.05) is 13.3 Å². The molecule has 0 aromatic rings. The van der Waals surface area contributed by atoms with Gasteiger partial charge in [-0.25, -0.2) is 0 Å². The second-order valence-corrected chi connectivity index (χ2v) is 4.32. The molecule has 14 heavy (non-hydrogen) atoms. The number of hydrogen-bond donors (Lipinski definition) is 1. The van der Waals surface area contributed by atoms with Crippen molar-refractivity contribution >= 4 is 11.8 Å². The van der Waals surface area contributed by atoms with E-state index in [0.717, 1.165) is 19.3 Å². The minimum atomic E-state index is -0.754. The van der Waals surface area contributed by atoms with Gasteiger partial charge in [0.05, 0.1) is 0 Å². The zero-order valence-corrected chi connectivity index (χ0v) is 8.71. The summed E-state index contributed by atoms with van der Waals surface area (Å²) in [4.78, 5) is 21.8. The molecule has 1 N–H and O–H groups in total. The van der Waals surface area contributed by atoms with E-state index < -0.39 is 5.97 Å². The van der Waals surface area contributed by atoms with Crippen molar-refractivity contribution in [2.45, 2.75) is 51.9 Å². The predicted octanol–water partition coefficient (Wildman–Crippen LogP) is 2.39. The van der Waals surface area contributed by atoms with Crippen molar-refractivity contribution in [2.75, 3.05) is 0 Å². The van der Waals surface area contributed by atoms with Gasteiger partial charge in [-0.05, 0) is 24.7 Å². The molecule has 1 saturated carbocycles. The van der Waals surface area contributed by atoms with Crippen LogP contribution in [0, 0.1) is 5.41 Å². The number of ketones is 1. The predicted molar refractivity (Wildman–Crippen MR) is 53.1 cm³/mol. The Balaban J connectivity index is 2.55. The van der Waals surface area contributed by atoms with E-state index in [1.54, 1.807) is 0 Å². The van der Waals surface area contributed by atoms with E-state index >= 15 is 0 Å². The lowest BCUT2D eigenvalue weighted by molar-refractivity contribution is -0.138.